The second-order valence-electron chi connectivity index (χ2n) is 6.73. The number of aromatic nitrogens is 3. The van der Waals surface area contributed by atoms with Gasteiger partial charge >= 0.3 is 0 Å². The number of fused-ring (bicyclic) bond motifs is 1. The molecule has 128 valence electrons. The van der Waals surface area contributed by atoms with Crippen molar-refractivity contribution in [3.63, 3.8) is 0 Å². The molecule has 0 spiro atoms. The molecule has 4 aromatic rings. The van der Waals surface area contributed by atoms with E-state index in [1.165, 1.54) is 24.1 Å². The van der Waals surface area contributed by atoms with Gasteiger partial charge in [-0.3, -0.25) is 0 Å². The van der Waals surface area contributed by atoms with Gasteiger partial charge in [-0.25, -0.2) is 9.50 Å². The third kappa shape index (κ3) is 2.54. The van der Waals surface area contributed by atoms with Crippen LogP contribution in [0.1, 0.15) is 12.8 Å². The number of nitrogens with zero attached hydrogens (tertiary/aromatic N) is 4. The lowest BCUT2D eigenvalue weighted by Crippen LogP contribution is -2.17. The van der Waals surface area contributed by atoms with Gasteiger partial charge in [0.1, 0.15) is 0 Å². The summed E-state index contributed by atoms with van der Waals surface area (Å²) < 4.78 is 1.95. The van der Waals surface area contributed by atoms with Crippen molar-refractivity contribution < 1.29 is 0 Å². The number of anilines is 1. The molecule has 1 fully saturated rings. The van der Waals surface area contributed by atoms with Gasteiger partial charge < -0.3 is 4.90 Å². The van der Waals surface area contributed by atoms with Gasteiger partial charge in [0.05, 0.1) is 11.9 Å². The smallest absolute Gasteiger partial charge is 0.163 e. The zero-order valence-electron chi connectivity index (χ0n) is 14.5. The molecule has 3 heterocycles. The van der Waals surface area contributed by atoms with Crippen LogP contribution in [0.4, 0.5) is 5.69 Å². The first-order chi connectivity index (χ1) is 12.9. The van der Waals surface area contributed by atoms with E-state index in [1.807, 2.05) is 41.2 Å². The van der Waals surface area contributed by atoms with E-state index < -0.39 is 0 Å². The zero-order chi connectivity index (χ0) is 17.3. The van der Waals surface area contributed by atoms with Gasteiger partial charge in [0.15, 0.2) is 5.65 Å². The van der Waals surface area contributed by atoms with Gasteiger partial charge in [0.25, 0.3) is 0 Å². The molecule has 5 rings (SSSR count). The number of hydrogen-bond acceptors (Lipinski definition) is 3. The minimum absolute atomic E-state index is 0.889. The Morgan fingerprint density at radius 3 is 2.46 bits per heavy atom. The molecule has 0 unspecified atom stereocenters. The van der Waals surface area contributed by atoms with Gasteiger partial charge in [-0.15, -0.1) is 0 Å². The van der Waals surface area contributed by atoms with Crippen molar-refractivity contribution >= 4 is 11.3 Å². The van der Waals surface area contributed by atoms with E-state index >= 15 is 0 Å². The van der Waals surface area contributed by atoms with Crippen LogP contribution in [0.2, 0.25) is 0 Å². The summed E-state index contributed by atoms with van der Waals surface area (Å²) in [5.41, 5.74) is 6.62. The normalized spacial score (nSPS) is 14.2. The third-order valence-electron chi connectivity index (χ3n) is 5.10. The molecule has 2 aromatic carbocycles. The van der Waals surface area contributed by atoms with E-state index in [1.54, 1.807) is 0 Å². The Morgan fingerprint density at radius 2 is 1.62 bits per heavy atom. The Labute approximate surface area is 152 Å². The van der Waals surface area contributed by atoms with E-state index in [0.29, 0.717) is 0 Å². The molecular weight excluding hydrogens is 320 g/mol. The molecule has 4 heteroatoms. The monoisotopic (exact) mass is 340 g/mol. The molecule has 0 aliphatic carbocycles. The summed E-state index contributed by atoms with van der Waals surface area (Å²) in [5.74, 6) is 0. The first kappa shape index (κ1) is 15.1. The lowest BCUT2D eigenvalue weighted by atomic mass is 10.1. The topological polar surface area (TPSA) is 33.4 Å². The summed E-state index contributed by atoms with van der Waals surface area (Å²) in [6.07, 6.45) is 6.35. The van der Waals surface area contributed by atoms with Crippen LogP contribution in [0.5, 0.6) is 0 Å². The highest BCUT2D eigenvalue weighted by atomic mass is 15.3. The van der Waals surface area contributed by atoms with Crippen molar-refractivity contribution in [2.75, 3.05) is 18.0 Å². The van der Waals surface area contributed by atoms with Crippen LogP contribution in [0.3, 0.4) is 0 Å². The van der Waals surface area contributed by atoms with Crippen LogP contribution < -0.4 is 4.90 Å². The van der Waals surface area contributed by atoms with Crippen molar-refractivity contribution in [1.82, 2.24) is 14.6 Å². The minimum Gasteiger partial charge on any atom is -0.372 e. The quantitative estimate of drug-likeness (QED) is 0.544. The molecule has 0 radical (unpaired) electrons. The molecule has 0 atom stereocenters. The molecule has 2 aromatic heterocycles. The van der Waals surface area contributed by atoms with E-state index in [2.05, 4.69) is 51.4 Å². The molecule has 1 aliphatic rings. The highest BCUT2D eigenvalue weighted by molar-refractivity contribution is 5.79. The number of hydrogen-bond donors (Lipinski definition) is 0. The van der Waals surface area contributed by atoms with Crippen LogP contribution in [-0.2, 0) is 0 Å². The van der Waals surface area contributed by atoms with Crippen molar-refractivity contribution in [1.29, 1.82) is 0 Å². The molecule has 0 N–H and O–H groups in total. The first-order valence-corrected chi connectivity index (χ1v) is 9.14. The Balaban J connectivity index is 1.62. The largest absolute Gasteiger partial charge is 0.372 e. The fourth-order valence-electron chi connectivity index (χ4n) is 3.77. The predicted octanol–water partition coefficient (Wildman–Crippen LogP) is 4.66. The minimum atomic E-state index is 0.889. The number of rotatable bonds is 3. The average Bonchev–Trinajstić information content (AvgIpc) is 3.38. The van der Waals surface area contributed by atoms with Crippen molar-refractivity contribution in [3.8, 4) is 22.4 Å². The van der Waals surface area contributed by atoms with E-state index in [9.17, 15) is 0 Å². The van der Waals surface area contributed by atoms with E-state index in [4.69, 9.17) is 0 Å². The lowest BCUT2D eigenvalue weighted by Gasteiger charge is -2.18. The van der Waals surface area contributed by atoms with Crippen LogP contribution in [0.25, 0.3) is 28.0 Å². The lowest BCUT2D eigenvalue weighted by molar-refractivity contribution is 0.945. The molecule has 26 heavy (non-hydrogen) atoms. The van der Waals surface area contributed by atoms with Crippen molar-refractivity contribution in [2.45, 2.75) is 12.8 Å². The average molecular weight is 340 g/mol. The van der Waals surface area contributed by atoms with Gasteiger partial charge in [-0.05, 0) is 36.6 Å². The van der Waals surface area contributed by atoms with E-state index in [0.717, 1.165) is 35.6 Å². The van der Waals surface area contributed by atoms with Gasteiger partial charge in [0, 0.05) is 36.1 Å². The number of benzene rings is 2. The molecule has 4 nitrogen and oxygen atoms in total. The predicted molar refractivity (Wildman–Crippen MR) is 105 cm³/mol. The summed E-state index contributed by atoms with van der Waals surface area (Å²) in [5, 5.41) is 4.64. The fourth-order valence-corrected chi connectivity index (χ4v) is 3.77. The zero-order valence-corrected chi connectivity index (χ0v) is 14.5. The highest BCUT2D eigenvalue weighted by Crippen LogP contribution is 2.29. The summed E-state index contributed by atoms with van der Waals surface area (Å²) in [4.78, 5) is 7.05. The Kier molecular flexibility index (Phi) is 3.67. The second kappa shape index (κ2) is 6.30. The maximum Gasteiger partial charge on any atom is 0.163 e. The molecule has 1 aliphatic heterocycles. The van der Waals surface area contributed by atoms with Crippen molar-refractivity contribution in [3.05, 3.63) is 73.1 Å². The van der Waals surface area contributed by atoms with Crippen LogP contribution >= 0.6 is 0 Å². The third-order valence-corrected chi connectivity index (χ3v) is 5.10. The summed E-state index contributed by atoms with van der Waals surface area (Å²) in [7, 11) is 0. The molecule has 0 bridgehead atoms. The fraction of sp³-hybridized carbons (Fsp3) is 0.182. The van der Waals surface area contributed by atoms with Crippen LogP contribution in [-0.4, -0.2) is 27.7 Å². The van der Waals surface area contributed by atoms with Crippen LogP contribution in [0.15, 0.2) is 73.1 Å². The van der Waals surface area contributed by atoms with Gasteiger partial charge in [0.2, 0.25) is 0 Å². The Bertz CT molecular complexity index is 1050. The summed E-state index contributed by atoms with van der Waals surface area (Å²) in [6, 6.07) is 21.1. The van der Waals surface area contributed by atoms with Gasteiger partial charge in [-0.1, -0.05) is 42.5 Å². The maximum atomic E-state index is 4.64. The van der Waals surface area contributed by atoms with Crippen LogP contribution in [0, 0.1) is 0 Å². The summed E-state index contributed by atoms with van der Waals surface area (Å²) >= 11 is 0. The molecule has 0 amide bonds. The molecular formula is C22H20N4. The van der Waals surface area contributed by atoms with Crippen molar-refractivity contribution in [2.24, 2.45) is 0 Å². The van der Waals surface area contributed by atoms with E-state index in [-0.39, 0.29) is 0 Å². The summed E-state index contributed by atoms with van der Waals surface area (Å²) in [6.45, 7) is 2.30. The molecule has 1 saturated heterocycles. The Morgan fingerprint density at radius 1 is 0.808 bits per heavy atom. The second-order valence-corrected chi connectivity index (χ2v) is 6.73. The maximum absolute atomic E-state index is 4.64. The van der Waals surface area contributed by atoms with Gasteiger partial charge in [-0.2, -0.15) is 5.10 Å². The molecule has 0 saturated carbocycles. The first-order valence-electron chi connectivity index (χ1n) is 9.14. The highest BCUT2D eigenvalue weighted by Gasteiger charge is 2.15. The Hall–Kier alpha value is -3.14. The SMILES string of the molecule is c1ccc(-c2cnn3c(-c4cccc(N5CCCC5)c4)ccnc23)cc1. The standard InChI is InChI=1S/C22H20N4/c1-2-7-17(8-3-1)20-16-24-26-21(11-12-23-22(20)26)18-9-6-10-19(15-18)25-13-4-5-14-25/h1-3,6-12,15-16H,4-5,13-14H2.